The van der Waals surface area contributed by atoms with Crippen molar-refractivity contribution in [2.45, 2.75) is 12.5 Å². The van der Waals surface area contributed by atoms with E-state index in [0.717, 1.165) is 12.0 Å². The Balaban J connectivity index is 1.50. The van der Waals surface area contributed by atoms with Gasteiger partial charge in [0.1, 0.15) is 6.61 Å². The molecule has 0 radical (unpaired) electrons. The number of ether oxygens (including phenoxy) is 2. The highest BCUT2D eigenvalue weighted by Gasteiger charge is 2.26. The molecule has 1 unspecified atom stereocenters. The molecule has 4 nitrogen and oxygen atoms in total. The quantitative estimate of drug-likeness (QED) is 0.943. The van der Waals surface area contributed by atoms with Crippen molar-refractivity contribution >= 4 is 17.5 Å². The lowest BCUT2D eigenvalue weighted by Gasteiger charge is -2.25. The number of fused-ring (bicyclic) bond motifs is 1. The van der Waals surface area contributed by atoms with Crippen LogP contribution in [0.4, 0.5) is 0 Å². The highest BCUT2D eigenvalue weighted by Crippen LogP contribution is 2.30. The van der Waals surface area contributed by atoms with Gasteiger partial charge in [0.2, 0.25) is 6.10 Å². The Morgan fingerprint density at radius 3 is 2.64 bits per heavy atom. The van der Waals surface area contributed by atoms with E-state index >= 15 is 0 Å². The second-order valence-corrected chi connectivity index (χ2v) is 5.47. The van der Waals surface area contributed by atoms with Crippen molar-refractivity contribution in [3.05, 3.63) is 59.1 Å². The smallest absolute Gasteiger partial charge is 0.264 e. The van der Waals surface area contributed by atoms with E-state index in [1.165, 1.54) is 0 Å². The second kappa shape index (κ2) is 6.71. The normalized spacial score (nSPS) is 16.1. The number of para-hydroxylation sites is 2. The van der Waals surface area contributed by atoms with Gasteiger partial charge in [-0.1, -0.05) is 35.9 Å². The van der Waals surface area contributed by atoms with Crippen molar-refractivity contribution in [1.82, 2.24) is 5.32 Å². The van der Waals surface area contributed by atoms with Crippen molar-refractivity contribution in [3.8, 4) is 11.5 Å². The van der Waals surface area contributed by atoms with Gasteiger partial charge < -0.3 is 14.8 Å². The maximum Gasteiger partial charge on any atom is 0.264 e. The monoisotopic (exact) mass is 317 g/mol. The lowest BCUT2D eigenvalue weighted by molar-refractivity contribution is -0.130. The third-order valence-electron chi connectivity index (χ3n) is 3.43. The topological polar surface area (TPSA) is 47.6 Å². The summed E-state index contributed by atoms with van der Waals surface area (Å²) in [5, 5.41) is 3.58. The fourth-order valence-corrected chi connectivity index (χ4v) is 2.37. The largest absolute Gasteiger partial charge is 0.485 e. The molecule has 1 N–H and O–H groups in total. The third-order valence-corrected chi connectivity index (χ3v) is 3.68. The van der Waals surface area contributed by atoms with Gasteiger partial charge >= 0.3 is 0 Å². The predicted octanol–water partition coefficient (Wildman–Crippen LogP) is 2.84. The summed E-state index contributed by atoms with van der Waals surface area (Å²) in [7, 11) is 0. The number of carbonyl (C=O) groups excluding carboxylic acids is 1. The highest BCUT2D eigenvalue weighted by molar-refractivity contribution is 6.30. The standard InChI is InChI=1S/C17H16ClNO3/c18-13-7-5-12(6-8-13)9-10-19-17(20)16-11-21-14-3-1-2-4-15(14)22-16/h1-8,16H,9-11H2,(H,19,20). The van der Waals surface area contributed by atoms with Crippen LogP contribution in [0, 0.1) is 0 Å². The van der Waals surface area contributed by atoms with Gasteiger partial charge in [-0.25, -0.2) is 0 Å². The molecule has 0 saturated heterocycles. The summed E-state index contributed by atoms with van der Waals surface area (Å²) in [6.45, 7) is 0.770. The van der Waals surface area contributed by atoms with Gasteiger partial charge in [0.25, 0.3) is 5.91 Å². The Morgan fingerprint density at radius 1 is 1.14 bits per heavy atom. The number of amides is 1. The number of benzene rings is 2. The summed E-state index contributed by atoms with van der Waals surface area (Å²) < 4.78 is 11.2. The first-order valence-electron chi connectivity index (χ1n) is 7.13. The van der Waals surface area contributed by atoms with Gasteiger partial charge in [-0.05, 0) is 36.2 Å². The number of halogens is 1. The molecule has 2 aromatic carbocycles. The van der Waals surface area contributed by atoms with Crippen LogP contribution in [0.1, 0.15) is 5.56 Å². The molecule has 0 bridgehead atoms. The molecular weight excluding hydrogens is 302 g/mol. The van der Waals surface area contributed by atoms with E-state index in [2.05, 4.69) is 5.32 Å². The fourth-order valence-electron chi connectivity index (χ4n) is 2.24. The minimum absolute atomic E-state index is 0.163. The van der Waals surface area contributed by atoms with Gasteiger partial charge in [-0.2, -0.15) is 0 Å². The molecular formula is C17H16ClNO3. The fraction of sp³-hybridized carbons (Fsp3) is 0.235. The van der Waals surface area contributed by atoms with Crippen molar-refractivity contribution in [2.75, 3.05) is 13.2 Å². The zero-order valence-corrected chi connectivity index (χ0v) is 12.7. The van der Waals surface area contributed by atoms with Crippen LogP contribution >= 0.6 is 11.6 Å². The van der Waals surface area contributed by atoms with Crippen molar-refractivity contribution in [2.24, 2.45) is 0 Å². The van der Waals surface area contributed by atoms with E-state index in [0.29, 0.717) is 23.1 Å². The Hall–Kier alpha value is -2.20. The average molecular weight is 318 g/mol. The molecule has 3 rings (SSSR count). The van der Waals surface area contributed by atoms with Crippen LogP contribution in [-0.4, -0.2) is 25.2 Å². The van der Waals surface area contributed by atoms with Gasteiger partial charge in [0.15, 0.2) is 11.5 Å². The van der Waals surface area contributed by atoms with Gasteiger partial charge in [-0.3, -0.25) is 4.79 Å². The Bertz CT molecular complexity index is 657. The molecule has 0 saturated carbocycles. The summed E-state index contributed by atoms with van der Waals surface area (Å²) in [5.41, 5.74) is 1.12. The van der Waals surface area contributed by atoms with Crippen molar-refractivity contribution in [1.29, 1.82) is 0 Å². The zero-order chi connectivity index (χ0) is 15.4. The molecule has 1 atom stereocenters. The number of rotatable bonds is 4. The molecule has 1 heterocycles. The SMILES string of the molecule is O=C(NCCc1ccc(Cl)cc1)C1COc2ccccc2O1. The molecule has 0 aromatic heterocycles. The van der Waals surface area contributed by atoms with Crippen LogP contribution in [0.2, 0.25) is 5.02 Å². The lowest BCUT2D eigenvalue weighted by atomic mass is 10.1. The lowest BCUT2D eigenvalue weighted by Crippen LogP contribution is -2.44. The first kappa shape index (κ1) is 14.7. The van der Waals surface area contributed by atoms with Crippen molar-refractivity contribution < 1.29 is 14.3 Å². The molecule has 0 aliphatic carbocycles. The van der Waals surface area contributed by atoms with E-state index < -0.39 is 6.10 Å². The Labute approximate surface area is 134 Å². The number of hydrogen-bond acceptors (Lipinski definition) is 3. The van der Waals surface area contributed by atoms with Gasteiger partial charge in [0, 0.05) is 11.6 Å². The molecule has 5 heteroatoms. The van der Waals surface area contributed by atoms with Gasteiger partial charge in [0.05, 0.1) is 0 Å². The molecule has 2 aromatic rings. The maximum atomic E-state index is 12.1. The Kier molecular flexibility index (Phi) is 4.49. The first-order valence-corrected chi connectivity index (χ1v) is 7.51. The first-order chi connectivity index (χ1) is 10.7. The zero-order valence-electron chi connectivity index (χ0n) is 11.9. The third kappa shape index (κ3) is 3.52. The van der Waals surface area contributed by atoms with E-state index in [4.69, 9.17) is 21.1 Å². The van der Waals surface area contributed by atoms with Crippen LogP contribution in [0.25, 0.3) is 0 Å². The summed E-state index contributed by atoms with van der Waals surface area (Å²) in [5.74, 6) is 1.11. The Morgan fingerprint density at radius 2 is 1.86 bits per heavy atom. The van der Waals surface area contributed by atoms with Crippen molar-refractivity contribution in [3.63, 3.8) is 0 Å². The maximum absolute atomic E-state index is 12.1. The molecule has 1 aliphatic rings. The van der Waals surface area contributed by atoms with Crippen LogP contribution < -0.4 is 14.8 Å². The van der Waals surface area contributed by atoms with Crippen LogP contribution in [-0.2, 0) is 11.2 Å². The van der Waals surface area contributed by atoms with E-state index in [9.17, 15) is 4.79 Å². The molecule has 22 heavy (non-hydrogen) atoms. The number of nitrogens with one attached hydrogen (secondary N) is 1. The minimum Gasteiger partial charge on any atom is -0.485 e. The second-order valence-electron chi connectivity index (χ2n) is 5.03. The predicted molar refractivity (Wildman–Crippen MR) is 84.5 cm³/mol. The van der Waals surface area contributed by atoms with E-state index in [1.807, 2.05) is 42.5 Å². The average Bonchev–Trinajstić information content (AvgIpc) is 2.56. The van der Waals surface area contributed by atoms with E-state index in [1.54, 1.807) is 6.07 Å². The molecule has 114 valence electrons. The molecule has 0 spiro atoms. The summed E-state index contributed by atoms with van der Waals surface area (Å²) in [6.07, 6.45) is 0.132. The molecule has 1 aliphatic heterocycles. The van der Waals surface area contributed by atoms with Crippen LogP contribution in [0.5, 0.6) is 11.5 Å². The van der Waals surface area contributed by atoms with E-state index in [-0.39, 0.29) is 12.5 Å². The number of carbonyl (C=O) groups is 1. The summed E-state index contributed by atoms with van der Waals surface area (Å²) in [4.78, 5) is 12.1. The highest BCUT2D eigenvalue weighted by atomic mass is 35.5. The minimum atomic E-state index is -0.611. The van der Waals surface area contributed by atoms with Gasteiger partial charge in [-0.15, -0.1) is 0 Å². The molecule has 1 amide bonds. The van der Waals surface area contributed by atoms with Crippen LogP contribution in [0.3, 0.4) is 0 Å². The number of hydrogen-bond donors (Lipinski definition) is 1. The summed E-state index contributed by atoms with van der Waals surface area (Å²) >= 11 is 5.84. The van der Waals surface area contributed by atoms with Crippen LogP contribution in [0.15, 0.2) is 48.5 Å². The summed E-state index contributed by atoms with van der Waals surface area (Å²) in [6, 6.07) is 14.9. The molecule has 0 fully saturated rings.